The van der Waals surface area contributed by atoms with Gasteiger partial charge in [0, 0.05) is 31.2 Å². The second kappa shape index (κ2) is 7.63. The lowest BCUT2D eigenvalue weighted by Gasteiger charge is -2.30. The van der Waals surface area contributed by atoms with Crippen molar-refractivity contribution < 1.29 is 17.6 Å². The molecule has 3 heterocycles. The molecule has 1 aliphatic heterocycles. The van der Waals surface area contributed by atoms with Crippen LogP contribution in [0.2, 0.25) is 0 Å². The Kier molecular flexibility index (Phi) is 5.47. The predicted molar refractivity (Wildman–Crippen MR) is 95.7 cm³/mol. The molecule has 0 aliphatic carbocycles. The van der Waals surface area contributed by atoms with Gasteiger partial charge in [0.1, 0.15) is 5.69 Å². The van der Waals surface area contributed by atoms with E-state index < -0.39 is 10.0 Å². The SMILES string of the molecule is CC[C@@H](C)NC(=O)C1CCN(S(=O)(=O)c2ccc(-c3ccn[nH]3)o2)CC1. The number of aromatic nitrogens is 2. The van der Waals surface area contributed by atoms with Gasteiger partial charge in [0.25, 0.3) is 10.0 Å². The number of hydrogen-bond donors (Lipinski definition) is 2. The van der Waals surface area contributed by atoms with E-state index in [1.54, 1.807) is 18.3 Å². The van der Waals surface area contributed by atoms with Gasteiger partial charge in [0.05, 0.1) is 0 Å². The monoisotopic (exact) mass is 380 g/mol. The van der Waals surface area contributed by atoms with E-state index in [0.29, 0.717) is 37.4 Å². The van der Waals surface area contributed by atoms with Gasteiger partial charge < -0.3 is 9.73 Å². The number of sulfonamides is 1. The molecule has 1 amide bonds. The standard InChI is InChI=1S/C17H24N4O4S/c1-3-12(2)19-17(22)13-7-10-21(11-8-13)26(23,24)16-5-4-15(25-16)14-6-9-18-20-14/h4-6,9,12-13H,3,7-8,10-11H2,1-2H3,(H,18,20)(H,19,22)/t12-/m1/s1. The molecule has 3 rings (SSSR count). The van der Waals surface area contributed by atoms with Crippen LogP contribution in [0.1, 0.15) is 33.1 Å². The molecule has 0 unspecified atom stereocenters. The maximum atomic E-state index is 12.8. The van der Waals surface area contributed by atoms with Crippen LogP contribution in [-0.2, 0) is 14.8 Å². The molecule has 142 valence electrons. The Balaban J connectivity index is 1.64. The summed E-state index contributed by atoms with van der Waals surface area (Å²) in [5.74, 6) is 0.285. The Morgan fingerprint density at radius 3 is 2.73 bits per heavy atom. The van der Waals surface area contributed by atoms with Crippen LogP contribution < -0.4 is 5.32 Å². The van der Waals surface area contributed by atoms with E-state index in [4.69, 9.17) is 4.42 Å². The molecule has 0 spiro atoms. The Morgan fingerprint density at radius 2 is 2.12 bits per heavy atom. The second-order valence-corrected chi connectivity index (χ2v) is 8.45. The number of rotatable bonds is 6. The third-order valence-electron chi connectivity index (χ3n) is 4.77. The Bertz CT molecular complexity index is 836. The number of aromatic amines is 1. The molecule has 0 saturated carbocycles. The van der Waals surface area contributed by atoms with Crippen molar-refractivity contribution in [1.82, 2.24) is 19.8 Å². The average molecular weight is 380 g/mol. The number of nitrogens with one attached hydrogen (secondary N) is 2. The van der Waals surface area contributed by atoms with Gasteiger partial charge >= 0.3 is 0 Å². The molecule has 1 atom stereocenters. The topological polar surface area (TPSA) is 108 Å². The van der Waals surface area contributed by atoms with Crippen LogP contribution >= 0.6 is 0 Å². The van der Waals surface area contributed by atoms with Gasteiger partial charge in [-0.2, -0.15) is 9.40 Å². The lowest BCUT2D eigenvalue weighted by atomic mass is 9.97. The third kappa shape index (κ3) is 3.83. The smallest absolute Gasteiger partial charge is 0.276 e. The zero-order chi connectivity index (χ0) is 18.7. The van der Waals surface area contributed by atoms with E-state index in [1.807, 2.05) is 13.8 Å². The minimum absolute atomic E-state index is 0.0101. The van der Waals surface area contributed by atoms with Crippen LogP contribution in [0, 0.1) is 5.92 Å². The number of H-pyrrole nitrogens is 1. The first-order valence-corrected chi connectivity index (χ1v) is 10.3. The summed E-state index contributed by atoms with van der Waals surface area (Å²) >= 11 is 0. The van der Waals surface area contributed by atoms with E-state index in [-0.39, 0.29) is 23.0 Å². The molecule has 2 aromatic heterocycles. The van der Waals surface area contributed by atoms with Crippen LogP contribution in [0.25, 0.3) is 11.5 Å². The predicted octanol–water partition coefficient (Wildman–Crippen LogP) is 1.99. The number of piperidine rings is 1. The van der Waals surface area contributed by atoms with Gasteiger partial charge in [-0.15, -0.1) is 0 Å². The average Bonchev–Trinajstić information content (AvgIpc) is 3.33. The Hall–Kier alpha value is -2.13. The molecular formula is C17H24N4O4S. The lowest BCUT2D eigenvalue weighted by molar-refractivity contribution is -0.126. The van der Waals surface area contributed by atoms with Crippen LogP contribution in [-0.4, -0.2) is 48.0 Å². The van der Waals surface area contributed by atoms with Crippen LogP contribution in [0.15, 0.2) is 33.9 Å². The highest BCUT2D eigenvalue weighted by molar-refractivity contribution is 7.89. The molecule has 1 aliphatic rings. The van der Waals surface area contributed by atoms with Crippen molar-refractivity contribution in [3.63, 3.8) is 0 Å². The van der Waals surface area contributed by atoms with Crippen molar-refractivity contribution in [2.24, 2.45) is 5.92 Å². The minimum atomic E-state index is -3.71. The fourth-order valence-electron chi connectivity index (χ4n) is 2.95. The summed E-state index contributed by atoms with van der Waals surface area (Å²) in [7, 11) is -3.71. The zero-order valence-corrected chi connectivity index (χ0v) is 15.8. The fraction of sp³-hybridized carbons (Fsp3) is 0.529. The van der Waals surface area contributed by atoms with E-state index >= 15 is 0 Å². The fourth-order valence-corrected chi connectivity index (χ4v) is 4.33. The Morgan fingerprint density at radius 1 is 1.38 bits per heavy atom. The first-order valence-electron chi connectivity index (χ1n) is 8.82. The van der Waals surface area contributed by atoms with E-state index in [1.165, 1.54) is 10.4 Å². The molecule has 9 heteroatoms. The molecule has 26 heavy (non-hydrogen) atoms. The molecule has 0 bridgehead atoms. The zero-order valence-electron chi connectivity index (χ0n) is 14.9. The largest absolute Gasteiger partial charge is 0.442 e. The van der Waals surface area contributed by atoms with Crippen LogP contribution in [0.5, 0.6) is 0 Å². The van der Waals surface area contributed by atoms with Gasteiger partial charge in [-0.1, -0.05) is 6.92 Å². The molecule has 2 N–H and O–H groups in total. The van der Waals surface area contributed by atoms with Crippen molar-refractivity contribution in [3.05, 3.63) is 24.4 Å². The summed E-state index contributed by atoms with van der Waals surface area (Å²) < 4.78 is 32.4. The van der Waals surface area contributed by atoms with E-state index in [0.717, 1.165) is 6.42 Å². The number of hydrogen-bond acceptors (Lipinski definition) is 5. The molecule has 2 aromatic rings. The maximum Gasteiger partial charge on any atom is 0.276 e. The van der Waals surface area contributed by atoms with Crippen LogP contribution in [0.3, 0.4) is 0 Å². The number of carbonyl (C=O) groups excluding carboxylic acids is 1. The highest BCUT2D eigenvalue weighted by atomic mass is 32.2. The van der Waals surface area contributed by atoms with Crippen LogP contribution in [0.4, 0.5) is 0 Å². The quantitative estimate of drug-likeness (QED) is 0.797. The maximum absolute atomic E-state index is 12.8. The molecule has 0 radical (unpaired) electrons. The van der Waals surface area contributed by atoms with E-state index in [2.05, 4.69) is 15.5 Å². The molecular weight excluding hydrogens is 356 g/mol. The van der Waals surface area contributed by atoms with Crippen molar-refractivity contribution >= 4 is 15.9 Å². The number of amides is 1. The summed E-state index contributed by atoms with van der Waals surface area (Å²) in [6.45, 7) is 4.59. The van der Waals surface area contributed by atoms with Crippen molar-refractivity contribution in [2.75, 3.05) is 13.1 Å². The number of nitrogens with zero attached hydrogens (tertiary/aromatic N) is 2. The van der Waals surface area contributed by atoms with Crippen molar-refractivity contribution in [2.45, 2.75) is 44.2 Å². The van der Waals surface area contributed by atoms with Gasteiger partial charge in [-0.05, 0) is 44.4 Å². The highest BCUT2D eigenvalue weighted by Crippen LogP contribution is 2.28. The summed E-state index contributed by atoms with van der Waals surface area (Å²) in [6.07, 6.45) is 3.46. The molecule has 1 saturated heterocycles. The minimum Gasteiger partial charge on any atom is -0.442 e. The number of furan rings is 1. The number of carbonyl (C=O) groups is 1. The second-order valence-electron chi connectivity index (χ2n) is 6.59. The Labute approximate surface area is 153 Å². The van der Waals surface area contributed by atoms with Gasteiger partial charge in [-0.25, -0.2) is 8.42 Å². The van der Waals surface area contributed by atoms with Gasteiger partial charge in [0.15, 0.2) is 5.76 Å². The van der Waals surface area contributed by atoms with Crippen molar-refractivity contribution in [3.8, 4) is 11.5 Å². The first kappa shape index (κ1) is 18.7. The summed E-state index contributed by atoms with van der Waals surface area (Å²) in [5, 5.41) is 9.44. The lowest BCUT2D eigenvalue weighted by Crippen LogP contribution is -2.44. The summed E-state index contributed by atoms with van der Waals surface area (Å²) in [6, 6.07) is 4.89. The van der Waals surface area contributed by atoms with E-state index in [9.17, 15) is 13.2 Å². The first-order chi connectivity index (χ1) is 12.4. The summed E-state index contributed by atoms with van der Waals surface area (Å²) in [4.78, 5) is 12.2. The van der Waals surface area contributed by atoms with Crippen molar-refractivity contribution in [1.29, 1.82) is 0 Å². The molecule has 1 fully saturated rings. The van der Waals surface area contributed by atoms with Gasteiger partial charge in [-0.3, -0.25) is 9.89 Å². The summed E-state index contributed by atoms with van der Waals surface area (Å²) in [5.41, 5.74) is 0.617. The van der Waals surface area contributed by atoms with Gasteiger partial charge in [0.2, 0.25) is 11.0 Å². The third-order valence-corrected chi connectivity index (χ3v) is 6.54. The highest BCUT2D eigenvalue weighted by Gasteiger charge is 2.34. The normalized spacial score (nSPS) is 17.9. The molecule has 0 aromatic carbocycles. The molecule has 8 nitrogen and oxygen atoms in total.